The van der Waals surface area contributed by atoms with Crippen molar-refractivity contribution < 1.29 is 29.7 Å². The smallest absolute Gasteiger partial charge is 0.335 e. The van der Waals surface area contributed by atoms with Crippen molar-refractivity contribution in [2.24, 2.45) is 35.5 Å². The van der Waals surface area contributed by atoms with E-state index in [0.717, 1.165) is 38.2 Å². The number of carbonyl (C=O) groups excluding carboxylic acids is 2. The first-order valence-electron chi connectivity index (χ1n) is 11.8. The molecule has 178 valence electrons. The van der Waals surface area contributed by atoms with Gasteiger partial charge in [0.15, 0.2) is 11.4 Å². The van der Waals surface area contributed by atoms with E-state index in [1.54, 1.807) is 0 Å². The Labute approximate surface area is 190 Å². The number of carbonyl (C=O) groups is 3. The van der Waals surface area contributed by atoms with Crippen molar-refractivity contribution in [1.82, 2.24) is 5.32 Å². The van der Waals surface area contributed by atoms with Gasteiger partial charge in [-0.05, 0) is 76.0 Å². The molecule has 3 fully saturated rings. The average molecular weight is 448 g/mol. The van der Waals surface area contributed by atoms with E-state index >= 15 is 0 Å². The fraction of sp³-hybridized carbons (Fsp3) is 0.720. The summed E-state index contributed by atoms with van der Waals surface area (Å²) in [5, 5.41) is 33.3. The van der Waals surface area contributed by atoms with Crippen molar-refractivity contribution in [1.29, 1.82) is 0 Å². The van der Waals surface area contributed by atoms with E-state index in [4.69, 9.17) is 0 Å². The van der Waals surface area contributed by atoms with Crippen molar-refractivity contribution in [3.8, 4) is 0 Å². The minimum Gasteiger partial charge on any atom is -0.511 e. The topological polar surface area (TPSA) is 124 Å². The van der Waals surface area contributed by atoms with Crippen LogP contribution in [0.3, 0.4) is 0 Å². The van der Waals surface area contributed by atoms with E-state index in [1.807, 2.05) is 19.9 Å². The van der Waals surface area contributed by atoms with Gasteiger partial charge in [0.1, 0.15) is 11.3 Å². The molecular formula is C25H37NO6. The molecule has 0 aromatic heterocycles. The lowest BCUT2D eigenvalue weighted by Crippen LogP contribution is -2.44. The molecule has 1 heterocycles. The van der Waals surface area contributed by atoms with E-state index in [0.29, 0.717) is 17.8 Å². The maximum atomic E-state index is 13.1. The van der Waals surface area contributed by atoms with Gasteiger partial charge in [-0.2, -0.15) is 0 Å². The molecule has 3 aliphatic rings. The van der Waals surface area contributed by atoms with Crippen LogP contribution in [0.2, 0.25) is 0 Å². The van der Waals surface area contributed by atoms with Gasteiger partial charge in [-0.25, -0.2) is 4.79 Å². The third kappa shape index (κ3) is 4.36. The number of hydrogen-bond acceptors (Lipinski definition) is 5. The van der Waals surface area contributed by atoms with Crippen LogP contribution >= 0.6 is 0 Å². The van der Waals surface area contributed by atoms with Crippen molar-refractivity contribution in [3.05, 3.63) is 23.0 Å². The lowest BCUT2D eigenvalue weighted by molar-refractivity contribution is -0.158. The van der Waals surface area contributed by atoms with E-state index in [-0.39, 0.29) is 29.1 Å². The molecule has 32 heavy (non-hydrogen) atoms. The predicted octanol–water partition coefficient (Wildman–Crippen LogP) is 3.38. The lowest BCUT2D eigenvalue weighted by Gasteiger charge is -2.50. The first kappa shape index (κ1) is 24.5. The summed E-state index contributed by atoms with van der Waals surface area (Å²) < 4.78 is 0. The second kappa shape index (κ2) is 9.00. The second-order valence-electron chi connectivity index (χ2n) is 10.6. The van der Waals surface area contributed by atoms with Gasteiger partial charge in [-0.15, -0.1) is 0 Å². The number of ketones is 1. The second-order valence-corrected chi connectivity index (χ2v) is 10.6. The standard InChI is InChI=1S/C25H37NO6/c1-6-13(3)16-8-7-15-10-12(2)9-14(4)18(15)19(16)22(28)20-21(27)17(26-23(20)29)11-25(5,32)24(30)31/h6,12,14-19,28,32H,7-11H2,1-5H3,(H,26,29)(H,30,31)/b13-6+,22-20-/t12-,14+,15-,16+,17-,18-,19-,25-/m1/s1. The molecule has 0 spiro atoms. The first-order valence-corrected chi connectivity index (χ1v) is 11.8. The van der Waals surface area contributed by atoms with E-state index < -0.39 is 35.7 Å². The third-order valence-corrected chi connectivity index (χ3v) is 8.15. The van der Waals surface area contributed by atoms with Crippen molar-refractivity contribution in [3.63, 3.8) is 0 Å². The number of amides is 1. The maximum Gasteiger partial charge on any atom is 0.335 e. The minimum atomic E-state index is -2.16. The summed E-state index contributed by atoms with van der Waals surface area (Å²) in [6, 6.07) is -1.17. The zero-order valence-corrected chi connectivity index (χ0v) is 19.7. The number of hydrogen-bond donors (Lipinski definition) is 4. The number of nitrogens with one attached hydrogen (secondary N) is 1. The fourth-order valence-electron chi connectivity index (χ4n) is 6.54. The van der Waals surface area contributed by atoms with Gasteiger partial charge in [0, 0.05) is 12.3 Å². The van der Waals surface area contributed by atoms with Gasteiger partial charge in [-0.1, -0.05) is 25.5 Å². The van der Waals surface area contributed by atoms with Crippen molar-refractivity contribution in [2.45, 2.75) is 78.4 Å². The highest BCUT2D eigenvalue weighted by Crippen LogP contribution is 2.54. The summed E-state index contributed by atoms with van der Waals surface area (Å²) >= 11 is 0. The summed E-state index contributed by atoms with van der Waals surface area (Å²) in [5.74, 6) is -1.65. The zero-order chi connectivity index (χ0) is 24.0. The normalized spacial score (nSPS) is 39.2. The van der Waals surface area contributed by atoms with Crippen molar-refractivity contribution in [2.75, 3.05) is 0 Å². The largest absolute Gasteiger partial charge is 0.511 e. The number of rotatable bonds is 5. The Morgan fingerprint density at radius 1 is 1.19 bits per heavy atom. The Balaban J connectivity index is 2.02. The van der Waals surface area contributed by atoms with E-state index in [1.165, 1.54) is 0 Å². The Hall–Kier alpha value is -2.15. The summed E-state index contributed by atoms with van der Waals surface area (Å²) in [6.07, 6.45) is 5.68. The van der Waals surface area contributed by atoms with Crippen LogP contribution in [0.4, 0.5) is 0 Å². The highest BCUT2D eigenvalue weighted by atomic mass is 16.4. The molecular weight excluding hydrogens is 410 g/mol. The monoisotopic (exact) mass is 447 g/mol. The lowest BCUT2D eigenvalue weighted by atomic mass is 9.54. The number of allylic oxidation sites excluding steroid dienone is 3. The molecule has 1 amide bonds. The van der Waals surface area contributed by atoms with E-state index in [9.17, 15) is 29.7 Å². The SMILES string of the molecule is C/C=C(\C)[C@@H]1CC[C@@H]2C[C@H](C)C[C@H](C)[C@H]2[C@@H]1/C(O)=C1/C(=O)N[C@H](C[C@@](C)(O)C(=O)O)C1=O. The van der Waals surface area contributed by atoms with Crippen LogP contribution in [0.1, 0.15) is 66.7 Å². The molecule has 0 unspecified atom stereocenters. The molecule has 1 aliphatic heterocycles. The zero-order valence-electron chi connectivity index (χ0n) is 19.7. The molecule has 4 N–H and O–H groups in total. The molecule has 0 aromatic carbocycles. The van der Waals surface area contributed by atoms with Gasteiger partial charge in [0.25, 0.3) is 5.91 Å². The molecule has 2 aliphatic carbocycles. The Morgan fingerprint density at radius 2 is 1.84 bits per heavy atom. The molecule has 0 bridgehead atoms. The minimum absolute atomic E-state index is 0.0476. The van der Waals surface area contributed by atoms with Crippen molar-refractivity contribution >= 4 is 17.7 Å². The number of carboxylic acids is 1. The Bertz CT molecular complexity index is 856. The molecule has 7 heteroatoms. The van der Waals surface area contributed by atoms with Crippen LogP contribution in [-0.4, -0.2) is 44.6 Å². The van der Waals surface area contributed by atoms with Gasteiger partial charge in [0.05, 0.1) is 6.04 Å². The van der Waals surface area contributed by atoms with Gasteiger partial charge < -0.3 is 20.6 Å². The van der Waals surface area contributed by atoms with Crippen LogP contribution in [0, 0.1) is 35.5 Å². The molecule has 0 aromatic rings. The summed E-state index contributed by atoms with van der Waals surface area (Å²) in [6.45, 7) is 9.56. The van der Waals surface area contributed by atoms with Gasteiger partial charge >= 0.3 is 5.97 Å². The van der Waals surface area contributed by atoms with Crippen LogP contribution in [0.5, 0.6) is 0 Å². The highest BCUT2D eigenvalue weighted by molar-refractivity contribution is 6.27. The predicted molar refractivity (Wildman–Crippen MR) is 120 cm³/mol. The molecule has 3 rings (SSSR count). The Kier molecular flexibility index (Phi) is 6.89. The summed E-state index contributed by atoms with van der Waals surface area (Å²) in [5.41, 5.74) is -1.28. The van der Waals surface area contributed by atoms with Gasteiger partial charge in [-0.3, -0.25) is 9.59 Å². The fourth-order valence-corrected chi connectivity index (χ4v) is 6.54. The van der Waals surface area contributed by atoms with Crippen LogP contribution < -0.4 is 5.32 Å². The molecule has 2 saturated carbocycles. The number of aliphatic hydroxyl groups excluding tert-OH is 1. The first-order chi connectivity index (χ1) is 14.9. The third-order valence-electron chi connectivity index (χ3n) is 8.15. The molecule has 1 saturated heterocycles. The Morgan fingerprint density at radius 3 is 2.44 bits per heavy atom. The summed E-state index contributed by atoms with van der Waals surface area (Å²) in [4.78, 5) is 37.2. The number of fused-ring (bicyclic) bond motifs is 1. The number of aliphatic carboxylic acids is 1. The molecule has 7 nitrogen and oxygen atoms in total. The summed E-state index contributed by atoms with van der Waals surface area (Å²) in [7, 11) is 0. The average Bonchev–Trinajstić information content (AvgIpc) is 2.98. The van der Waals surface area contributed by atoms with Crippen LogP contribution in [0.15, 0.2) is 23.0 Å². The van der Waals surface area contributed by atoms with Gasteiger partial charge in [0.2, 0.25) is 0 Å². The van der Waals surface area contributed by atoms with E-state index in [2.05, 4.69) is 19.2 Å². The number of carboxylic acid groups (broad SMARTS) is 1. The number of aliphatic hydroxyl groups is 2. The van der Waals surface area contributed by atoms with Crippen LogP contribution in [-0.2, 0) is 14.4 Å². The molecule has 0 radical (unpaired) electrons. The number of Topliss-reactive ketones (excluding diaryl/α,β-unsaturated/α-hetero) is 1. The maximum absolute atomic E-state index is 13.1. The highest BCUT2D eigenvalue weighted by Gasteiger charge is 2.51. The quantitative estimate of drug-likeness (QED) is 0.222. The molecule has 8 atom stereocenters. The van der Waals surface area contributed by atoms with Crippen LogP contribution in [0.25, 0.3) is 0 Å².